The first kappa shape index (κ1) is 13.5. The summed E-state index contributed by atoms with van der Waals surface area (Å²) >= 11 is 1.71. The Balaban J connectivity index is 2.43. The fourth-order valence-corrected chi connectivity index (χ4v) is 2.00. The van der Waals surface area contributed by atoms with Crippen LogP contribution < -0.4 is 5.32 Å². The monoisotopic (exact) mass is 239 g/mol. The van der Waals surface area contributed by atoms with Crippen molar-refractivity contribution in [1.29, 1.82) is 0 Å². The number of rotatable bonds is 4. The smallest absolute Gasteiger partial charge is 0.188 e. The first-order valence-electron chi connectivity index (χ1n) is 5.58. The largest absolute Gasteiger partial charge is 0.311 e. The topological polar surface area (TPSA) is 37.8 Å². The molecule has 1 aromatic heterocycles. The number of nitrogens with zero attached hydrogens (tertiary/aromatic N) is 2. The minimum atomic E-state index is 0.169. The van der Waals surface area contributed by atoms with E-state index in [0.717, 1.165) is 17.4 Å². The van der Waals surface area contributed by atoms with Crippen molar-refractivity contribution < 1.29 is 0 Å². The summed E-state index contributed by atoms with van der Waals surface area (Å²) in [5.41, 5.74) is 1.19. The van der Waals surface area contributed by atoms with Gasteiger partial charge < -0.3 is 5.32 Å². The summed E-state index contributed by atoms with van der Waals surface area (Å²) in [7, 11) is 0. The molecule has 1 N–H and O–H groups in total. The molecule has 4 heteroatoms. The molecule has 1 unspecified atom stereocenters. The van der Waals surface area contributed by atoms with Gasteiger partial charge in [-0.3, -0.25) is 0 Å². The van der Waals surface area contributed by atoms with Crippen molar-refractivity contribution >= 4 is 11.8 Å². The Morgan fingerprint density at radius 2 is 2.12 bits per heavy atom. The highest BCUT2D eigenvalue weighted by molar-refractivity contribution is 7.99. The second kappa shape index (κ2) is 5.64. The van der Waals surface area contributed by atoms with Gasteiger partial charge in [-0.15, -0.1) is 0 Å². The summed E-state index contributed by atoms with van der Waals surface area (Å²) in [4.78, 5) is 8.63. The highest BCUT2D eigenvalue weighted by Gasteiger charge is 2.12. The van der Waals surface area contributed by atoms with E-state index in [1.54, 1.807) is 11.8 Å². The molecule has 0 aliphatic rings. The first-order valence-corrected chi connectivity index (χ1v) is 6.46. The van der Waals surface area contributed by atoms with Gasteiger partial charge >= 0.3 is 0 Å². The van der Waals surface area contributed by atoms with Crippen LogP contribution in [0.3, 0.4) is 0 Å². The maximum absolute atomic E-state index is 4.38. The predicted molar refractivity (Wildman–Crippen MR) is 69.8 cm³/mol. The Kier molecular flexibility index (Phi) is 4.74. The van der Waals surface area contributed by atoms with Crippen LogP contribution in [0.4, 0.5) is 0 Å². The zero-order valence-corrected chi connectivity index (χ0v) is 11.6. The Labute approximate surface area is 102 Å². The molecule has 0 saturated heterocycles. The van der Waals surface area contributed by atoms with Crippen molar-refractivity contribution in [2.45, 2.75) is 50.6 Å². The standard InChI is InChI=1S/C12H21N3S/c1-9-6-7-13-11(15-9)16-10(2)8-14-12(3,4)5/h6-7,10,14H,8H2,1-5H3. The van der Waals surface area contributed by atoms with Crippen molar-refractivity contribution in [3.8, 4) is 0 Å². The molecule has 1 rings (SSSR count). The third-order valence-corrected chi connectivity index (χ3v) is 2.98. The lowest BCUT2D eigenvalue weighted by molar-refractivity contribution is 0.429. The Bertz CT molecular complexity index is 333. The zero-order valence-electron chi connectivity index (χ0n) is 10.7. The van der Waals surface area contributed by atoms with Gasteiger partial charge in [-0.1, -0.05) is 18.7 Å². The van der Waals surface area contributed by atoms with Gasteiger partial charge in [0.15, 0.2) is 5.16 Å². The summed E-state index contributed by atoms with van der Waals surface area (Å²) < 4.78 is 0. The molecule has 0 spiro atoms. The van der Waals surface area contributed by atoms with E-state index in [9.17, 15) is 0 Å². The molecule has 0 fully saturated rings. The molecule has 0 aliphatic heterocycles. The average Bonchev–Trinajstić information content (AvgIpc) is 2.14. The van der Waals surface area contributed by atoms with Crippen LogP contribution in [0, 0.1) is 6.92 Å². The van der Waals surface area contributed by atoms with E-state index >= 15 is 0 Å². The minimum Gasteiger partial charge on any atom is -0.311 e. The number of nitrogens with one attached hydrogen (secondary N) is 1. The van der Waals surface area contributed by atoms with Gasteiger partial charge in [-0.25, -0.2) is 9.97 Å². The molecular formula is C12H21N3S. The summed E-state index contributed by atoms with van der Waals surface area (Å²) in [5.74, 6) is 0. The van der Waals surface area contributed by atoms with Crippen LogP contribution >= 0.6 is 11.8 Å². The highest BCUT2D eigenvalue weighted by Crippen LogP contribution is 2.18. The molecule has 0 bridgehead atoms. The maximum atomic E-state index is 4.38. The fraction of sp³-hybridized carbons (Fsp3) is 0.667. The summed E-state index contributed by atoms with van der Waals surface area (Å²) in [6.45, 7) is 11.7. The van der Waals surface area contributed by atoms with Crippen molar-refractivity contribution in [1.82, 2.24) is 15.3 Å². The lowest BCUT2D eigenvalue weighted by Crippen LogP contribution is -2.39. The van der Waals surface area contributed by atoms with E-state index in [-0.39, 0.29) is 5.54 Å². The van der Waals surface area contributed by atoms with Gasteiger partial charge in [-0.05, 0) is 33.8 Å². The minimum absolute atomic E-state index is 0.169. The Morgan fingerprint density at radius 1 is 1.44 bits per heavy atom. The van der Waals surface area contributed by atoms with Crippen LogP contribution in [0.1, 0.15) is 33.4 Å². The van der Waals surface area contributed by atoms with E-state index in [1.807, 2.05) is 19.2 Å². The van der Waals surface area contributed by atoms with Crippen LogP contribution in [0.2, 0.25) is 0 Å². The second-order valence-electron chi connectivity index (χ2n) is 5.04. The van der Waals surface area contributed by atoms with E-state index in [2.05, 4.69) is 43.0 Å². The SMILES string of the molecule is Cc1ccnc(SC(C)CNC(C)(C)C)n1. The normalized spacial score (nSPS) is 13.8. The molecular weight excluding hydrogens is 218 g/mol. The summed E-state index contributed by atoms with van der Waals surface area (Å²) in [5, 5.41) is 4.82. The van der Waals surface area contributed by atoms with Gasteiger partial charge in [-0.2, -0.15) is 0 Å². The first-order chi connectivity index (χ1) is 7.37. The van der Waals surface area contributed by atoms with E-state index in [0.29, 0.717) is 5.25 Å². The third-order valence-electron chi connectivity index (χ3n) is 2.00. The molecule has 3 nitrogen and oxygen atoms in total. The van der Waals surface area contributed by atoms with Crippen LogP contribution in [-0.4, -0.2) is 27.3 Å². The summed E-state index contributed by atoms with van der Waals surface area (Å²) in [6, 6.07) is 1.92. The van der Waals surface area contributed by atoms with Crippen molar-refractivity contribution in [3.63, 3.8) is 0 Å². The number of aryl methyl sites for hydroxylation is 1. The molecule has 0 aromatic carbocycles. The van der Waals surface area contributed by atoms with Crippen LogP contribution in [0.25, 0.3) is 0 Å². The van der Waals surface area contributed by atoms with Gasteiger partial charge in [0, 0.05) is 29.2 Å². The van der Waals surface area contributed by atoms with Crippen molar-refractivity contribution in [3.05, 3.63) is 18.0 Å². The van der Waals surface area contributed by atoms with E-state index < -0.39 is 0 Å². The molecule has 0 amide bonds. The molecule has 1 heterocycles. The van der Waals surface area contributed by atoms with Crippen molar-refractivity contribution in [2.75, 3.05) is 6.54 Å². The average molecular weight is 239 g/mol. The predicted octanol–water partition coefficient (Wildman–Crippen LogP) is 2.65. The highest BCUT2D eigenvalue weighted by atomic mass is 32.2. The molecule has 90 valence electrons. The van der Waals surface area contributed by atoms with Gasteiger partial charge in [0.2, 0.25) is 0 Å². The molecule has 1 atom stereocenters. The maximum Gasteiger partial charge on any atom is 0.188 e. The van der Waals surface area contributed by atoms with Gasteiger partial charge in [0.25, 0.3) is 0 Å². The van der Waals surface area contributed by atoms with Crippen molar-refractivity contribution in [2.24, 2.45) is 0 Å². The molecule has 1 aromatic rings. The van der Waals surface area contributed by atoms with E-state index in [4.69, 9.17) is 0 Å². The summed E-state index contributed by atoms with van der Waals surface area (Å²) in [6.07, 6.45) is 1.81. The lowest BCUT2D eigenvalue weighted by Gasteiger charge is -2.22. The molecule has 0 aliphatic carbocycles. The quantitative estimate of drug-likeness (QED) is 0.647. The fourth-order valence-electron chi connectivity index (χ4n) is 1.15. The van der Waals surface area contributed by atoms with Gasteiger partial charge in [0.1, 0.15) is 0 Å². The second-order valence-corrected chi connectivity index (χ2v) is 6.45. The molecule has 0 saturated carbocycles. The third kappa shape index (κ3) is 5.47. The van der Waals surface area contributed by atoms with Crippen LogP contribution in [0.15, 0.2) is 17.4 Å². The van der Waals surface area contributed by atoms with E-state index in [1.165, 1.54) is 0 Å². The number of aromatic nitrogens is 2. The van der Waals surface area contributed by atoms with Crippen LogP contribution in [-0.2, 0) is 0 Å². The van der Waals surface area contributed by atoms with Crippen LogP contribution in [0.5, 0.6) is 0 Å². The number of hydrogen-bond acceptors (Lipinski definition) is 4. The lowest BCUT2D eigenvalue weighted by atomic mass is 10.1. The van der Waals surface area contributed by atoms with Gasteiger partial charge in [0.05, 0.1) is 0 Å². The molecule has 16 heavy (non-hydrogen) atoms. The Hall–Kier alpha value is -0.610. The number of thioether (sulfide) groups is 1. The molecule has 0 radical (unpaired) electrons. The number of hydrogen-bond donors (Lipinski definition) is 1. The zero-order chi connectivity index (χ0) is 12.2. The Morgan fingerprint density at radius 3 is 2.69 bits per heavy atom.